The van der Waals surface area contributed by atoms with Crippen molar-refractivity contribution in [1.29, 1.82) is 0 Å². The van der Waals surface area contributed by atoms with E-state index in [1.54, 1.807) is 36.9 Å². The first kappa shape index (κ1) is 18.3. The van der Waals surface area contributed by atoms with E-state index in [2.05, 4.69) is 10.6 Å². The van der Waals surface area contributed by atoms with Crippen molar-refractivity contribution in [2.45, 2.75) is 13.8 Å². The third-order valence-corrected chi connectivity index (χ3v) is 4.23. The lowest BCUT2D eigenvalue weighted by atomic mass is 10.3. The van der Waals surface area contributed by atoms with Crippen LogP contribution < -0.4 is 20.9 Å². The summed E-state index contributed by atoms with van der Waals surface area (Å²) in [6.45, 7) is 4.14. The van der Waals surface area contributed by atoms with Gasteiger partial charge in [0.05, 0.1) is 23.7 Å². The zero-order chi connectivity index (χ0) is 19.4. The zero-order valence-corrected chi connectivity index (χ0v) is 15.5. The number of hydrogen-bond donors (Lipinski definition) is 2. The Bertz CT molecular complexity index is 1010. The predicted molar refractivity (Wildman–Crippen MR) is 106 cm³/mol. The van der Waals surface area contributed by atoms with Gasteiger partial charge in [-0.05, 0) is 38.1 Å². The Morgan fingerprint density at radius 3 is 2.41 bits per heavy atom. The van der Waals surface area contributed by atoms with Crippen molar-refractivity contribution in [2.75, 3.05) is 17.2 Å². The highest BCUT2D eigenvalue weighted by Gasteiger charge is 2.18. The number of benzene rings is 2. The van der Waals surface area contributed by atoms with Gasteiger partial charge < -0.3 is 15.4 Å². The number of carbonyl (C=O) groups excluding carboxylic acids is 1. The Balaban J connectivity index is 1.87. The molecule has 0 aliphatic carbocycles. The molecule has 7 heteroatoms. The normalized spacial score (nSPS) is 10.5. The quantitative estimate of drug-likeness (QED) is 0.725. The standard InChI is InChI=1S/C20H22N4O3/c1-4-27-17-13-9-8-12-16(17)21-20(26)22-18-14(2)23(3)24(19(18)25)15-10-6-5-7-11-15/h5-13H,4H2,1-3H3,(H2,21,22,26). The molecule has 0 atom stereocenters. The molecule has 1 heterocycles. The van der Waals surface area contributed by atoms with Gasteiger partial charge in [0, 0.05) is 7.05 Å². The van der Waals surface area contributed by atoms with Crippen LogP contribution in [0.25, 0.3) is 5.69 Å². The van der Waals surface area contributed by atoms with Gasteiger partial charge >= 0.3 is 6.03 Å². The van der Waals surface area contributed by atoms with Crippen molar-refractivity contribution in [3.8, 4) is 11.4 Å². The fourth-order valence-electron chi connectivity index (χ4n) is 2.83. The van der Waals surface area contributed by atoms with E-state index < -0.39 is 6.03 Å². The number of carbonyl (C=O) groups is 1. The van der Waals surface area contributed by atoms with Gasteiger partial charge in [0.25, 0.3) is 5.56 Å². The van der Waals surface area contributed by atoms with Crippen LogP contribution in [0.2, 0.25) is 0 Å². The summed E-state index contributed by atoms with van der Waals surface area (Å²) in [6.07, 6.45) is 0. The van der Waals surface area contributed by atoms with E-state index in [0.29, 0.717) is 23.7 Å². The first-order chi connectivity index (χ1) is 13.0. The molecule has 0 aliphatic rings. The summed E-state index contributed by atoms with van der Waals surface area (Å²) in [5.41, 5.74) is 1.84. The number of ether oxygens (including phenoxy) is 1. The molecule has 2 N–H and O–H groups in total. The molecule has 0 radical (unpaired) electrons. The molecule has 3 rings (SSSR count). The topological polar surface area (TPSA) is 77.3 Å². The molecule has 2 amide bonds. The molecular weight excluding hydrogens is 344 g/mol. The molecular formula is C20H22N4O3. The number of hydrogen-bond acceptors (Lipinski definition) is 3. The van der Waals surface area contributed by atoms with Crippen molar-refractivity contribution in [3.05, 3.63) is 70.6 Å². The largest absolute Gasteiger partial charge is 0.492 e. The molecule has 0 fully saturated rings. The highest BCUT2D eigenvalue weighted by Crippen LogP contribution is 2.24. The van der Waals surface area contributed by atoms with Crippen LogP contribution in [0.5, 0.6) is 5.75 Å². The molecule has 0 aliphatic heterocycles. The molecule has 27 heavy (non-hydrogen) atoms. The lowest BCUT2D eigenvalue weighted by Gasteiger charge is -2.11. The molecule has 7 nitrogen and oxygen atoms in total. The summed E-state index contributed by atoms with van der Waals surface area (Å²) >= 11 is 0. The van der Waals surface area contributed by atoms with E-state index >= 15 is 0 Å². The van der Waals surface area contributed by atoms with Gasteiger partial charge in [-0.2, -0.15) is 0 Å². The number of urea groups is 1. The lowest BCUT2D eigenvalue weighted by molar-refractivity contribution is 0.262. The van der Waals surface area contributed by atoms with Crippen molar-refractivity contribution >= 4 is 17.4 Å². The Labute approximate surface area is 157 Å². The van der Waals surface area contributed by atoms with Gasteiger partial charge in [0.2, 0.25) is 0 Å². The number of para-hydroxylation sites is 3. The van der Waals surface area contributed by atoms with E-state index in [1.807, 2.05) is 43.3 Å². The Morgan fingerprint density at radius 1 is 1.04 bits per heavy atom. The maximum absolute atomic E-state index is 12.8. The second kappa shape index (κ2) is 7.82. The smallest absolute Gasteiger partial charge is 0.323 e. The molecule has 0 spiro atoms. The number of anilines is 2. The van der Waals surface area contributed by atoms with Crippen LogP contribution in [-0.4, -0.2) is 22.0 Å². The van der Waals surface area contributed by atoms with Crippen molar-refractivity contribution in [3.63, 3.8) is 0 Å². The summed E-state index contributed by atoms with van der Waals surface area (Å²) in [5.74, 6) is 0.571. The number of rotatable bonds is 5. The molecule has 0 saturated heterocycles. The summed E-state index contributed by atoms with van der Waals surface area (Å²) in [6, 6.07) is 15.9. The third kappa shape index (κ3) is 3.72. The summed E-state index contributed by atoms with van der Waals surface area (Å²) in [4.78, 5) is 25.3. The molecule has 1 aromatic heterocycles. The van der Waals surface area contributed by atoms with E-state index in [9.17, 15) is 9.59 Å². The van der Waals surface area contributed by atoms with Crippen molar-refractivity contribution in [1.82, 2.24) is 9.36 Å². The van der Waals surface area contributed by atoms with Crippen LogP contribution in [0.3, 0.4) is 0 Å². The van der Waals surface area contributed by atoms with Crippen molar-refractivity contribution in [2.24, 2.45) is 7.05 Å². The van der Waals surface area contributed by atoms with E-state index in [-0.39, 0.29) is 11.2 Å². The number of aromatic nitrogens is 2. The number of amides is 2. The predicted octanol–water partition coefficient (Wildman–Crippen LogP) is 3.53. The average molecular weight is 366 g/mol. The van der Waals surface area contributed by atoms with E-state index in [0.717, 1.165) is 5.69 Å². The minimum absolute atomic E-state index is 0.229. The Morgan fingerprint density at radius 2 is 1.70 bits per heavy atom. The highest BCUT2D eigenvalue weighted by molar-refractivity contribution is 6.00. The molecule has 3 aromatic rings. The van der Waals surface area contributed by atoms with Crippen molar-refractivity contribution < 1.29 is 9.53 Å². The Kier molecular flexibility index (Phi) is 5.30. The van der Waals surface area contributed by atoms with Gasteiger partial charge in [-0.3, -0.25) is 9.48 Å². The average Bonchev–Trinajstić information content (AvgIpc) is 2.87. The van der Waals surface area contributed by atoms with Gasteiger partial charge in [0.1, 0.15) is 11.4 Å². The molecule has 0 bridgehead atoms. The monoisotopic (exact) mass is 366 g/mol. The second-order valence-corrected chi connectivity index (χ2v) is 5.94. The van der Waals surface area contributed by atoms with Crippen LogP contribution in [-0.2, 0) is 7.05 Å². The summed E-state index contributed by atoms with van der Waals surface area (Å²) in [7, 11) is 1.78. The van der Waals surface area contributed by atoms with Gasteiger partial charge in [0.15, 0.2) is 0 Å². The Hall–Kier alpha value is -3.48. The molecule has 140 valence electrons. The second-order valence-electron chi connectivity index (χ2n) is 5.94. The maximum atomic E-state index is 12.8. The minimum atomic E-state index is -0.506. The molecule has 0 unspecified atom stereocenters. The molecule has 2 aromatic carbocycles. The van der Waals surface area contributed by atoms with E-state index in [4.69, 9.17) is 4.74 Å². The maximum Gasteiger partial charge on any atom is 0.323 e. The van der Waals surface area contributed by atoms with Crippen LogP contribution in [0.4, 0.5) is 16.2 Å². The lowest BCUT2D eigenvalue weighted by Crippen LogP contribution is -2.25. The van der Waals surface area contributed by atoms with Crippen LogP contribution in [0.15, 0.2) is 59.4 Å². The fourth-order valence-corrected chi connectivity index (χ4v) is 2.83. The SMILES string of the molecule is CCOc1ccccc1NC(=O)Nc1c(C)n(C)n(-c2ccccc2)c1=O. The first-order valence-electron chi connectivity index (χ1n) is 8.66. The van der Waals surface area contributed by atoms with Gasteiger partial charge in [-0.15, -0.1) is 0 Å². The molecule has 0 saturated carbocycles. The van der Waals surface area contributed by atoms with Crippen LogP contribution >= 0.6 is 0 Å². The minimum Gasteiger partial charge on any atom is -0.492 e. The van der Waals surface area contributed by atoms with E-state index in [1.165, 1.54) is 4.68 Å². The zero-order valence-electron chi connectivity index (χ0n) is 15.5. The summed E-state index contributed by atoms with van der Waals surface area (Å²) < 4.78 is 8.73. The van der Waals surface area contributed by atoms with Gasteiger partial charge in [-0.1, -0.05) is 30.3 Å². The summed E-state index contributed by atoms with van der Waals surface area (Å²) in [5, 5.41) is 5.40. The van der Waals surface area contributed by atoms with Gasteiger partial charge in [-0.25, -0.2) is 9.48 Å². The number of nitrogens with one attached hydrogen (secondary N) is 2. The van der Waals surface area contributed by atoms with Crippen LogP contribution in [0.1, 0.15) is 12.6 Å². The highest BCUT2D eigenvalue weighted by atomic mass is 16.5. The number of nitrogens with zero attached hydrogens (tertiary/aromatic N) is 2. The fraction of sp³-hybridized carbons (Fsp3) is 0.200. The first-order valence-corrected chi connectivity index (χ1v) is 8.66. The third-order valence-electron chi connectivity index (χ3n) is 4.23. The van der Waals surface area contributed by atoms with Crippen LogP contribution in [0, 0.1) is 6.92 Å².